The first-order valence-electron chi connectivity index (χ1n) is 9.52. The van der Waals surface area contributed by atoms with Crippen molar-refractivity contribution < 1.29 is 64.9 Å². The quantitative estimate of drug-likeness (QED) is 0.171. The Kier molecular flexibility index (Phi) is 8.92. The Hall–Kier alpha value is -0.520. The van der Waals surface area contributed by atoms with Crippen LogP contribution in [0.2, 0.25) is 0 Å². The maximum absolute atomic E-state index is 10.4. The summed E-state index contributed by atoms with van der Waals surface area (Å²) in [5, 5.41) is 88.8. The van der Waals surface area contributed by atoms with Crippen LogP contribution in [-0.2, 0) is 18.9 Å². The molecule has 2 aliphatic rings. The number of hydrogen-bond donors (Lipinski definition) is 9. The molecule has 13 heteroatoms. The summed E-state index contributed by atoms with van der Waals surface area (Å²) >= 11 is 0. The van der Waals surface area contributed by atoms with Crippen LogP contribution in [0.15, 0.2) is 0 Å². The molecule has 30 heavy (non-hydrogen) atoms. The molecular weight excluding hydrogens is 412 g/mol. The van der Waals surface area contributed by atoms with Gasteiger partial charge in [-0.2, -0.15) is 0 Å². The third-order valence-electron chi connectivity index (χ3n) is 5.20. The van der Waals surface area contributed by atoms with Gasteiger partial charge in [-0.25, -0.2) is 0 Å². The van der Waals surface area contributed by atoms with Crippen molar-refractivity contribution in [3.63, 3.8) is 0 Å². The lowest BCUT2D eigenvalue weighted by Crippen LogP contribution is -2.64. The molecule has 11 atom stereocenters. The van der Waals surface area contributed by atoms with Crippen LogP contribution in [0.3, 0.4) is 0 Å². The summed E-state index contributed by atoms with van der Waals surface area (Å²) < 4.78 is 21.2. The van der Waals surface area contributed by atoms with Gasteiger partial charge < -0.3 is 64.9 Å². The molecule has 0 spiro atoms. The summed E-state index contributed by atoms with van der Waals surface area (Å²) in [4.78, 5) is 0. The molecule has 0 aromatic rings. The van der Waals surface area contributed by atoms with Crippen molar-refractivity contribution in [1.29, 1.82) is 0 Å². The van der Waals surface area contributed by atoms with Crippen LogP contribution in [-0.4, -0.2) is 139 Å². The van der Waals surface area contributed by atoms with Crippen molar-refractivity contribution >= 4 is 0 Å². The summed E-state index contributed by atoms with van der Waals surface area (Å²) in [5.74, 6) is 0. The summed E-state index contributed by atoms with van der Waals surface area (Å²) in [6, 6.07) is 0. The predicted octanol–water partition coefficient (Wildman–Crippen LogP) is -5.24. The molecule has 2 rings (SSSR count). The highest BCUT2D eigenvalue weighted by Crippen LogP contribution is 2.29. The Bertz CT molecular complexity index is 524. The van der Waals surface area contributed by atoms with Gasteiger partial charge in [-0.3, -0.25) is 0 Å². The van der Waals surface area contributed by atoms with Crippen molar-refractivity contribution in [2.45, 2.75) is 87.0 Å². The van der Waals surface area contributed by atoms with Crippen LogP contribution in [0.5, 0.6) is 0 Å². The number of rotatable bonds is 8. The monoisotopic (exact) mass is 444 g/mol. The van der Waals surface area contributed by atoms with Crippen molar-refractivity contribution in [3.8, 4) is 0 Å². The maximum Gasteiger partial charge on any atom is 0.189 e. The second-order valence-electron chi connectivity index (χ2n) is 8.01. The standard InChI is InChI=1S/C17H32O13/c1-17(2,26)8(20)5-27-14-7(4-19)29-16(13(25)11(14)23)30-15-12(24)10(22)9(21)6(3-18)28-15/h6-16,18-26H,3-5H2,1-2H3/t6-,7-,8?,9-,10+,11-,12-,13-,14-,15-,16-/m1/s1. The third kappa shape index (κ3) is 5.63. The van der Waals surface area contributed by atoms with E-state index < -0.39 is 92.9 Å². The van der Waals surface area contributed by atoms with E-state index in [1.54, 1.807) is 0 Å². The second-order valence-corrected chi connectivity index (χ2v) is 8.01. The largest absolute Gasteiger partial charge is 0.394 e. The van der Waals surface area contributed by atoms with E-state index in [2.05, 4.69) is 0 Å². The van der Waals surface area contributed by atoms with Crippen LogP contribution in [0, 0.1) is 0 Å². The fourth-order valence-electron chi connectivity index (χ4n) is 3.09. The molecule has 2 heterocycles. The van der Waals surface area contributed by atoms with E-state index in [0.717, 1.165) is 0 Å². The van der Waals surface area contributed by atoms with E-state index in [1.165, 1.54) is 13.8 Å². The fourth-order valence-corrected chi connectivity index (χ4v) is 3.09. The van der Waals surface area contributed by atoms with Crippen LogP contribution >= 0.6 is 0 Å². The van der Waals surface area contributed by atoms with Crippen molar-refractivity contribution in [2.75, 3.05) is 19.8 Å². The van der Waals surface area contributed by atoms with E-state index in [0.29, 0.717) is 0 Å². The SMILES string of the molecule is CC(C)(O)C(O)CO[C@H]1[C@H](O)[C@@H](O)[C@@H](O[C@H]2O[C@H](CO)[C@@H](O)[C@H](O)[C@H]2O)O[C@@H]1CO. The molecule has 0 aromatic carbocycles. The predicted molar refractivity (Wildman–Crippen MR) is 94.7 cm³/mol. The van der Waals surface area contributed by atoms with E-state index in [9.17, 15) is 46.0 Å². The Morgan fingerprint density at radius 1 is 0.800 bits per heavy atom. The summed E-state index contributed by atoms with van der Waals surface area (Å²) in [5.41, 5.74) is -1.50. The number of aliphatic hydroxyl groups is 9. The summed E-state index contributed by atoms with van der Waals surface area (Å²) in [7, 11) is 0. The molecule has 0 radical (unpaired) electrons. The van der Waals surface area contributed by atoms with Crippen molar-refractivity contribution in [1.82, 2.24) is 0 Å². The van der Waals surface area contributed by atoms with Gasteiger partial charge >= 0.3 is 0 Å². The summed E-state index contributed by atoms with van der Waals surface area (Å²) in [6.45, 7) is 0.882. The molecule has 2 aliphatic heterocycles. The minimum atomic E-state index is -1.76. The second kappa shape index (κ2) is 10.4. The minimum absolute atomic E-state index is 0.434. The first-order chi connectivity index (χ1) is 13.9. The van der Waals surface area contributed by atoms with Gasteiger partial charge in [0.15, 0.2) is 12.6 Å². The zero-order chi connectivity index (χ0) is 22.8. The number of aliphatic hydroxyl groups excluding tert-OH is 8. The lowest BCUT2D eigenvalue weighted by Gasteiger charge is -2.45. The van der Waals surface area contributed by atoms with Crippen molar-refractivity contribution in [3.05, 3.63) is 0 Å². The van der Waals surface area contributed by atoms with Gasteiger partial charge in [-0.1, -0.05) is 0 Å². The van der Waals surface area contributed by atoms with Gasteiger partial charge in [-0.05, 0) is 13.8 Å². The molecule has 1 unspecified atom stereocenters. The first kappa shape index (κ1) is 25.7. The highest BCUT2D eigenvalue weighted by Gasteiger charge is 2.50. The molecule has 0 amide bonds. The van der Waals surface area contributed by atoms with Crippen LogP contribution in [0.1, 0.15) is 13.8 Å². The van der Waals surface area contributed by atoms with E-state index in [1.807, 2.05) is 0 Å². The molecule has 0 bridgehead atoms. The van der Waals surface area contributed by atoms with Crippen LogP contribution in [0.4, 0.5) is 0 Å². The zero-order valence-corrected chi connectivity index (χ0v) is 16.6. The maximum atomic E-state index is 10.4. The smallest absolute Gasteiger partial charge is 0.189 e. The van der Waals surface area contributed by atoms with Gasteiger partial charge in [0, 0.05) is 0 Å². The Labute approximate surface area is 172 Å². The Morgan fingerprint density at radius 3 is 1.80 bits per heavy atom. The van der Waals surface area contributed by atoms with Crippen LogP contribution in [0.25, 0.3) is 0 Å². The van der Waals surface area contributed by atoms with E-state index in [4.69, 9.17) is 18.9 Å². The zero-order valence-electron chi connectivity index (χ0n) is 16.6. The van der Waals surface area contributed by atoms with Gasteiger partial charge in [0.2, 0.25) is 0 Å². The minimum Gasteiger partial charge on any atom is -0.394 e. The third-order valence-corrected chi connectivity index (χ3v) is 5.20. The van der Waals surface area contributed by atoms with E-state index in [-0.39, 0.29) is 0 Å². The highest BCUT2D eigenvalue weighted by atomic mass is 16.8. The molecule has 13 nitrogen and oxygen atoms in total. The van der Waals surface area contributed by atoms with Gasteiger partial charge in [0.25, 0.3) is 0 Å². The average molecular weight is 444 g/mol. The van der Waals surface area contributed by atoms with Gasteiger partial charge in [0.05, 0.1) is 25.4 Å². The van der Waals surface area contributed by atoms with Crippen molar-refractivity contribution in [2.24, 2.45) is 0 Å². The Morgan fingerprint density at radius 2 is 1.30 bits per heavy atom. The molecule has 0 aromatic heterocycles. The van der Waals surface area contributed by atoms with Gasteiger partial charge in [0.1, 0.15) is 54.9 Å². The molecule has 0 aliphatic carbocycles. The highest BCUT2D eigenvalue weighted by molar-refractivity contribution is 4.93. The first-order valence-corrected chi connectivity index (χ1v) is 9.52. The average Bonchev–Trinajstić information content (AvgIpc) is 2.69. The fraction of sp³-hybridized carbons (Fsp3) is 1.00. The molecular formula is C17H32O13. The van der Waals surface area contributed by atoms with E-state index >= 15 is 0 Å². The molecule has 0 saturated carbocycles. The summed E-state index contributed by atoms with van der Waals surface area (Å²) in [6.07, 6.45) is -16.9. The van der Waals surface area contributed by atoms with Gasteiger partial charge in [-0.15, -0.1) is 0 Å². The number of ether oxygens (including phenoxy) is 4. The molecule has 9 N–H and O–H groups in total. The number of hydrogen-bond acceptors (Lipinski definition) is 13. The molecule has 2 fully saturated rings. The molecule has 2 saturated heterocycles. The lowest BCUT2D eigenvalue weighted by atomic mass is 9.97. The lowest BCUT2D eigenvalue weighted by molar-refractivity contribution is -0.379. The van der Waals surface area contributed by atoms with Crippen LogP contribution < -0.4 is 0 Å². The topological polar surface area (TPSA) is 219 Å². The normalized spacial score (nSPS) is 44.1. The molecule has 178 valence electrons. The Balaban J connectivity index is 2.05.